The second-order valence-corrected chi connectivity index (χ2v) is 2.80. The lowest BCUT2D eigenvalue weighted by molar-refractivity contribution is -0.119. The van der Waals surface area contributed by atoms with Crippen LogP contribution >= 0.6 is 0 Å². The summed E-state index contributed by atoms with van der Waals surface area (Å²) >= 11 is 0. The number of carbonyl (C=O) groups is 1. The third kappa shape index (κ3) is 4.09. The molecule has 2 N–H and O–H groups in total. The molecule has 1 aromatic carbocycles. The minimum Gasteiger partial charge on any atom is -0.376 e. The molecule has 1 amide bonds. The topological polar surface area (TPSA) is 64.9 Å². The molecule has 0 unspecified atom stereocenters. The van der Waals surface area contributed by atoms with E-state index in [1.165, 1.54) is 24.3 Å². The van der Waals surface area contributed by atoms with E-state index in [-0.39, 0.29) is 24.8 Å². The fourth-order valence-corrected chi connectivity index (χ4v) is 0.951. The van der Waals surface area contributed by atoms with Crippen LogP contribution in [0.15, 0.2) is 24.3 Å². The van der Waals surface area contributed by atoms with Crippen molar-refractivity contribution in [3.8, 4) is 6.07 Å². The Morgan fingerprint density at radius 1 is 1.40 bits per heavy atom. The Morgan fingerprint density at radius 3 is 2.67 bits per heavy atom. The van der Waals surface area contributed by atoms with Crippen molar-refractivity contribution in [1.82, 2.24) is 5.32 Å². The second kappa shape index (κ2) is 5.60. The summed E-state index contributed by atoms with van der Waals surface area (Å²) < 4.78 is 12.5. The van der Waals surface area contributed by atoms with Crippen LogP contribution in [-0.2, 0) is 4.79 Å². The molecule has 15 heavy (non-hydrogen) atoms. The van der Waals surface area contributed by atoms with E-state index < -0.39 is 0 Å². The van der Waals surface area contributed by atoms with Gasteiger partial charge < -0.3 is 10.6 Å². The zero-order valence-electron chi connectivity index (χ0n) is 7.96. The normalized spacial score (nSPS) is 9.07. The number of hydrogen-bond donors (Lipinski definition) is 2. The predicted molar refractivity (Wildman–Crippen MR) is 53.5 cm³/mol. The van der Waals surface area contributed by atoms with Gasteiger partial charge in [-0.2, -0.15) is 5.26 Å². The highest BCUT2D eigenvalue weighted by atomic mass is 19.1. The van der Waals surface area contributed by atoms with Crippen LogP contribution in [0, 0.1) is 17.1 Å². The van der Waals surface area contributed by atoms with Gasteiger partial charge in [-0.05, 0) is 24.3 Å². The number of anilines is 1. The van der Waals surface area contributed by atoms with E-state index in [0.717, 1.165) is 0 Å². The van der Waals surface area contributed by atoms with E-state index in [2.05, 4.69) is 10.6 Å². The summed E-state index contributed by atoms with van der Waals surface area (Å²) in [6.45, 7) is 0.0528. The molecule has 0 aromatic heterocycles. The standard InChI is InChI=1S/C10H10FN3O/c11-8-1-3-9(4-2-8)14-7-10(15)13-6-5-12/h1-4,14H,6-7H2,(H,13,15). The molecule has 0 bridgehead atoms. The number of nitriles is 1. The molecule has 0 spiro atoms. The van der Waals surface area contributed by atoms with Crippen LogP contribution in [0.3, 0.4) is 0 Å². The minimum absolute atomic E-state index is 0.00999. The molecule has 4 nitrogen and oxygen atoms in total. The number of benzene rings is 1. The van der Waals surface area contributed by atoms with Crippen molar-refractivity contribution in [3.63, 3.8) is 0 Å². The molecule has 78 valence electrons. The van der Waals surface area contributed by atoms with E-state index in [9.17, 15) is 9.18 Å². The van der Waals surface area contributed by atoms with Gasteiger partial charge in [0.05, 0.1) is 12.6 Å². The van der Waals surface area contributed by atoms with Crippen LogP contribution in [0.1, 0.15) is 0 Å². The first-order valence-corrected chi connectivity index (χ1v) is 4.35. The van der Waals surface area contributed by atoms with Gasteiger partial charge in [-0.3, -0.25) is 4.79 Å². The molecule has 0 fully saturated rings. The molecule has 0 aliphatic rings. The van der Waals surface area contributed by atoms with Crippen LogP contribution in [0.5, 0.6) is 0 Å². The summed E-state index contributed by atoms with van der Waals surface area (Å²) in [6.07, 6.45) is 0. The van der Waals surface area contributed by atoms with Crippen molar-refractivity contribution in [2.45, 2.75) is 0 Å². The SMILES string of the molecule is N#CCNC(=O)CNc1ccc(F)cc1. The summed E-state index contributed by atoms with van der Waals surface area (Å²) in [6, 6.07) is 7.47. The number of rotatable bonds is 4. The summed E-state index contributed by atoms with van der Waals surface area (Å²) in [5, 5.41) is 13.4. The van der Waals surface area contributed by atoms with Gasteiger partial charge in [0.1, 0.15) is 12.4 Å². The largest absolute Gasteiger partial charge is 0.376 e. The lowest BCUT2D eigenvalue weighted by atomic mass is 10.3. The van der Waals surface area contributed by atoms with Gasteiger partial charge >= 0.3 is 0 Å². The highest BCUT2D eigenvalue weighted by Crippen LogP contribution is 2.07. The molecule has 0 aliphatic carbocycles. The summed E-state index contributed by atoms with van der Waals surface area (Å²) in [5.74, 6) is -0.602. The number of halogens is 1. The lowest BCUT2D eigenvalue weighted by Gasteiger charge is -2.05. The first kappa shape index (κ1) is 11.0. The van der Waals surface area contributed by atoms with E-state index in [1.807, 2.05) is 0 Å². The molecule has 0 aliphatic heterocycles. The van der Waals surface area contributed by atoms with E-state index in [4.69, 9.17) is 5.26 Å². The Bertz CT molecular complexity index is 369. The van der Waals surface area contributed by atoms with Gasteiger partial charge in [0, 0.05) is 5.69 Å². The van der Waals surface area contributed by atoms with E-state index in [0.29, 0.717) is 5.69 Å². The monoisotopic (exact) mass is 207 g/mol. The Morgan fingerprint density at radius 2 is 2.07 bits per heavy atom. The van der Waals surface area contributed by atoms with Gasteiger partial charge in [0.2, 0.25) is 5.91 Å². The molecular formula is C10H10FN3O. The van der Waals surface area contributed by atoms with E-state index >= 15 is 0 Å². The summed E-state index contributed by atoms with van der Waals surface area (Å²) in [4.78, 5) is 11.0. The van der Waals surface area contributed by atoms with Crippen molar-refractivity contribution in [2.24, 2.45) is 0 Å². The quantitative estimate of drug-likeness (QED) is 0.720. The molecular weight excluding hydrogens is 197 g/mol. The first-order chi connectivity index (χ1) is 7.22. The first-order valence-electron chi connectivity index (χ1n) is 4.35. The van der Waals surface area contributed by atoms with Crippen LogP contribution in [0.4, 0.5) is 10.1 Å². The van der Waals surface area contributed by atoms with Crippen LogP contribution in [0.2, 0.25) is 0 Å². The Hall–Kier alpha value is -2.09. The number of amides is 1. The maximum absolute atomic E-state index is 12.5. The number of hydrogen-bond acceptors (Lipinski definition) is 3. The van der Waals surface area contributed by atoms with Gasteiger partial charge in [-0.15, -0.1) is 0 Å². The third-order valence-corrected chi connectivity index (χ3v) is 1.66. The van der Waals surface area contributed by atoms with Crippen LogP contribution in [-0.4, -0.2) is 19.0 Å². The molecule has 5 heteroatoms. The molecule has 1 aromatic rings. The predicted octanol–water partition coefficient (Wildman–Crippen LogP) is 0.877. The summed E-state index contributed by atoms with van der Waals surface area (Å²) in [5.41, 5.74) is 0.656. The van der Waals surface area contributed by atoms with Gasteiger partial charge in [0.15, 0.2) is 0 Å². The second-order valence-electron chi connectivity index (χ2n) is 2.80. The molecule has 0 saturated carbocycles. The third-order valence-electron chi connectivity index (χ3n) is 1.66. The Labute approximate surface area is 86.7 Å². The van der Waals surface area contributed by atoms with Crippen molar-refractivity contribution >= 4 is 11.6 Å². The number of nitrogens with one attached hydrogen (secondary N) is 2. The van der Waals surface area contributed by atoms with Gasteiger partial charge in [0.25, 0.3) is 0 Å². The van der Waals surface area contributed by atoms with Gasteiger partial charge in [-0.25, -0.2) is 4.39 Å². The Kier molecular flexibility index (Phi) is 4.10. The Balaban J connectivity index is 2.34. The highest BCUT2D eigenvalue weighted by molar-refractivity contribution is 5.80. The summed E-state index contributed by atoms with van der Waals surface area (Å²) in [7, 11) is 0. The zero-order chi connectivity index (χ0) is 11.1. The van der Waals surface area contributed by atoms with Crippen molar-refractivity contribution in [3.05, 3.63) is 30.1 Å². The minimum atomic E-state index is -0.325. The zero-order valence-corrected chi connectivity index (χ0v) is 7.96. The van der Waals surface area contributed by atoms with Crippen molar-refractivity contribution in [1.29, 1.82) is 5.26 Å². The smallest absolute Gasteiger partial charge is 0.240 e. The van der Waals surface area contributed by atoms with Crippen LogP contribution < -0.4 is 10.6 Å². The molecule has 0 radical (unpaired) electrons. The van der Waals surface area contributed by atoms with E-state index in [1.54, 1.807) is 6.07 Å². The number of nitrogens with zero attached hydrogens (tertiary/aromatic N) is 1. The maximum Gasteiger partial charge on any atom is 0.240 e. The average molecular weight is 207 g/mol. The molecule has 0 heterocycles. The van der Waals surface area contributed by atoms with Crippen molar-refractivity contribution in [2.75, 3.05) is 18.4 Å². The van der Waals surface area contributed by atoms with Gasteiger partial charge in [-0.1, -0.05) is 0 Å². The maximum atomic E-state index is 12.5. The fraction of sp³-hybridized carbons (Fsp3) is 0.200. The van der Waals surface area contributed by atoms with Crippen molar-refractivity contribution < 1.29 is 9.18 Å². The number of carbonyl (C=O) groups excluding carboxylic acids is 1. The molecule has 1 rings (SSSR count). The molecule has 0 atom stereocenters. The lowest BCUT2D eigenvalue weighted by Crippen LogP contribution is -2.29. The fourth-order valence-electron chi connectivity index (χ4n) is 0.951. The molecule has 0 saturated heterocycles. The average Bonchev–Trinajstić information content (AvgIpc) is 2.25. The van der Waals surface area contributed by atoms with Crippen LogP contribution in [0.25, 0.3) is 0 Å². The highest BCUT2D eigenvalue weighted by Gasteiger charge is 1.99.